The normalized spacial score (nSPS) is 14.7. The molecule has 0 aromatic heterocycles. The van der Waals surface area contributed by atoms with Gasteiger partial charge in [0, 0.05) is 18.4 Å². The molecule has 2 N–H and O–H groups in total. The maximum Gasteiger partial charge on any atom is 0.227 e. The third-order valence-corrected chi connectivity index (χ3v) is 10.2. The van der Waals surface area contributed by atoms with Gasteiger partial charge in [-0.05, 0) is 25.8 Å². The summed E-state index contributed by atoms with van der Waals surface area (Å²) < 4.78 is 0. The Kier molecular flexibility index (Phi) is 27.6. The van der Waals surface area contributed by atoms with Gasteiger partial charge >= 0.3 is 0 Å². The topological polar surface area (TPSA) is 58.7 Å². The number of aliphatic imine (C=N–C) groups is 1. The minimum atomic E-state index is -0.0618. The number of amides is 1. The summed E-state index contributed by atoms with van der Waals surface area (Å²) in [4.78, 5) is 20.2. The van der Waals surface area contributed by atoms with E-state index in [0.29, 0.717) is 18.9 Å². The molecule has 4 nitrogen and oxygen atoms in total. The summed E-state index contributed by atoms with van der Waals surface area (Å²) in [6, 6.07) is 0. The van der Waals surface area contributed by atoms with E-state index in [0.717, 1.165) is 38.2 Å². The van der Waals surface area contributed by atoms with Gasteiger partial charge in [-0.2, -0.15) is 0 Å². The van der Waals surface area contributed by atoms with Crippen molar-refractivity contribution >= 4 is 11.7 Å². The summed E-state index contributed by atoms with van der Waals surface area (Å²) in [5.74, 6) is 1.34. The van der Waals surface area contributed by atoms with Crippen molar-refractivity contribution in [1.29, 1.82) is 0 Å². The predicted molar refractivity (Wildman–Crippen MR) is 196 cm³/mol. The molecule has 1 atom stereocenters. The highest BCUT2D eigenvalue weighted by Gasteiger charge is 2.37. The molecule has 0 aromatic carbocycles. The van der Waals surface area contributed by atoms with Gasteiger partial charge in [0.25, 0.3) is 0 Å². The fraction of sp³-hybridized carbons (Fsp3) is 0.950. The number of carbonyl (C=O) groups is 1. The van der Waals surface area contributed by atoms with E-state index in [1.165, 1.54) is 173 Å². The molecule has 1 aliphatic heterocycles. The van der Waals surface area contributed by atoms with Crippen molar-refractivity contribution in [3.63, 3.8) is 0 Å². The SMILES string of the molecule is CCCCCCCCCCCCCCCCCC(=O)N1CCN=C1C(C)(CCN)CCCCCCCCCCCCCCC. The van der Waals surface area contributed by atoms with Crippen molar-refractivity contribution in [1.82, 2.24) is 4.90 Å². The molecular formula is C40H79N3O. The van der Waals surface area contributed by atoms with E-state index < -0.39 is 0 Å². The predicted octanol–water partition coefficient (Wildman–Crippen LogP) is 12.3. The van der Waals surface area contributed by atoms with Crippen molar-refractivity contribution < 1.29 is 4.79 Å². The second kappa shape index (κ2) is 29.5. The van der Waals surface area contributed by atoms with Gasteiger partial charge in [0.15, 0.2) is 0 Å². The van der Waals surface area contributed by atoms with E-state index in [1.54, 1.807) is 0 Å². The van der Waals surface area contributed by atoms with Gasteiger partial charge in [-0.1, -0.05) is 194 Å². The zero-order valence-corrected chi connectivity index (χ0v) is 30.4. The summed E-state index contributed by atoms with van der Waals surface area (Å²) in [5, 5.41) is 0. The summed E-state index contributed by atoms with van der Waals surface area (Å²) in [5.41, 5.74) is 6.03. The Bertz CT molecular complexity index is 678. The van der Waals surface area contributed by atoms with Crippen LogP contribution in [0.4, 0.5) is 0 Å². The molecule has 1 heterocycles. The molecule has 44 heavy (non-hydrogen) atoms. The number of nitrogens with zero attached hydrogens (tertiary/aromatic N) is 2. The Hall–Kier alpha value is -0.900. The van der Waals surface area contributed by atoms with Gasteiger partial charge < -0.3 is 5.73 Å². The summed E-state index contributed by atoms with van der Waals surface area (Å²) in [6.45, 7) is 9.09. The Morgan fingerprint density at radius 3 is 1.34 bits per heavy atom. The largest absolute Gasteiger partial charge is 0.330 e. The summed E-state index contributed by atoms with van der Waals surface area (Å²) >= 11 is 0. The van der Waals surface area contributed by atoms with Crippen LogP contribution in [0.25, 0.3) is 0 Å². The van der Waals surface area contributed by atoms with Crippen LogP contribution in [0.1, 0.15) is 220 Å². The lowest BCUT2D eigenvalue weighted by Crippen LogP contribution is -2.44. The second-order valence-corrected chi connectivity index (χ2v) is 14.5. The van der Waals surface area contributed by atoms with Crippen LogP contribution in [0, 0.1) is 5.41 Å². The molecule has 0 spiro atoms. The molecule has 0 bridgehead atoms. The van der Waals surface area contributed by atoms with Crippen molar-refractivity contribution in [3.8, 4) is 0 Å². The minimum absolute atomic E-state index is 0.0618. The van der Waals surface area contributed by atoms with Crippen LogP contribution in [-0.2, 0) is 4.79 Å². The lowest BCUT2D eigenvalue weighted by atomic mass is 9.79. The molecule has 0 saturated carbocycles. The third kappa shape index (κ3) is 21.0. The number of hydrogen-bond acceptors (Lipinski definition) is 3. The molecule has 260 valence electrons. The quantitative estimate of drug-likeness (QED) is 0.0745. The first-order chi connectivity index (χ1) is 21.6. The van der Waals surface area contributed by atoms with Crippen molar-refractivity contribution in [3.05, 3.63) is 0 Å². The van der Waals surface area contributed by atoms with Gasteiger partial charge in [0.1, 0.15) is 5.84 Å². The number of amidine groups is 1. The van der Waals surface area contributed by atoms with Crippen molar-refractivity contribution in [2.45, 2.75) is 220 Å². The first kappa shape index (κ1) is 41.1. The van der Waals surface area contributed by atoms with Crippen LogP contribution >= 0.6 is 0 Å². The van der Waals surface area contributed by atoms with Crippen LogP contribution in [-0.4, -0.2) is 36.3 Å². The first-order valence-corrected chi connectivity index (χ1v) is 20.1. The minimum Gasteiger partial charge on any atom is -0.330 e. The monoisotopic (exact) mass is 618 g/mol. The van der Waals surface area contributed by atoms with Crippen LogP contribution in [0.5, 0.6) is 0 Å². The second-order valence-electron chi connectivity index (χ2n) is 14.5. The molecule has 0 saturated heterocycles. The first-order valence-electron chi connectivity index (χ1n) is 20.1. The Labute approximate surface area is 276 Å². The molecule has 0 aliphatic carbocycles. The highest BCUT2D eigenvalue weighted by Crippen LogP contribution is 2.34. The number of nitrogens with two attached hydrogens (primary N) is 1. The molecule has 0 aromatic rings. The number of rotatable bonds is 33. The highest BCUT2D eigenvalue weighted by molar-refractivity contribution is 6.02. The van der Waals surface area contributed by atoms with E-state index >= 15 is 0 Å². The van der Waals surface area contributed by atoms with Gasteiger partial charge in [-0.15, -0.1) is 0 Å². The zero-order valence-electron chi connectivity index (χ0n) is 30.4. The molecule has 1 unspecified atom stereocenters. The highest BCUT2D eigenvalue weighted by atomic mass is 16.2. The van der Waals surface area contributed by atoms with E-state index in [4.69, 9.17) is 10.7 Å². The van der Waals surface area contributed by atoms with Crippen LogP contribution in [0.2, 0.25) is 0 Å². The van der Waals surface area contributed by atoms with Gasteiger partial charge in [0.2, 0.25) is 5.91 Å². The molecule has 1 amide bonds. The van der Waals surface area contributed by atoms with Gasteiger partial charge in [0.05, 0.1) is 6.54 Å². The van der Waals surface area contributed by atoms with Crippen LogP contribution in [0.3, 0.4) is 0 Å². The molecule has 1 rings (SSSR count). The third-order valence-electron chi connectivity index (χ3n) is 10.2. The Morgan fingerprint density at radius 2 is 0.955 bits per heavy atom. The number of carbonyl (C=O) groups excluding carboxylic acids is 1. The zero-order chi connectivity index (χ0) is 32.0. The lowest BCUT2D eigenvalue weighted by molar-refractivity contribution is -0.127. The number of unbranched alkanes of at least 4 members (excludes halogenated alkanes) is 26. The Balaban J connectivity index is 2.14. The smallest absolute Gasteiger partial charge is 0.227 e. The maximum absolute atomic E-state index is 13.2. The Morgan fingerprint density at radius 1 is 0.591 bits per heavy atom. The van der Waals surface area contributed by atoms with E-state index in [-0.39, 0.29) is 5.41 Å². The number of hydrogen-bond donors (Lipinski definition) is 1. The van der Waals surface area contributed by atoms with Crippen LogP contribution in [0.15, 0.2) is 4.99 Å². The van der Waals surface area contributed by atoms with Gasteiger partial charge in [-0.3, -0.25) is 14.7 Å². The molecule has 4 heteroatoms. The van der Waals surface area contributed by atoms with E-state index in [2.05, 4.69) is 20.8 Å². The van der Waals surface area contributed by atoms with Crippen molar-refractivity contribution in [2.24, 2.45) is 16.1 Å². The standard InChI is InChI=1S/C40H79N3O/c1-4-6-8-10-12-14-16-18-19-20-22-24-26-28-30-32-38(44)43-37-36-42-39(43)40(3,34-35-41)33-31-29-27-25-23-21-17-15-13-11-9-7-5-2/h4-37,41H2,1-3H3. The molecular weight excluding hydrogens is 538 g/mol. The van der Waals surface area contributed by atoms with Gasteiger partial charge in [-0.25, -0.2) is 0 Å². The van der Waals surface area contributed by atoms with Crippen molar-refractivity contribution in [2.75, 3.05) is 19.6 Å². The van der Waals surface area contributed by atoms with Crippen LogP contribution < -0.4 is 5.73 Å². The molecule has 0 radical (unpaired) electrons. The van der Waals surface area contributed by atoms with E-state index in [1.807, 2.05) is 4.90 Å². The molecule has 1 aliphatic rings. The average Bonchev–Trinajstić information content (AvgIpc) is 3.53. The molecule has 0 fully saturated rings. The lowest BCUT2D eigenvalue weighted by Gasteiger charge is -2.34. The summed E-state index contributed by atoms with van der Waals surface area (Å²) in [7, 11) is 0. The summed E-state index contributed by atoms with van der Waals surface area (Å²) in [6.07, 6.45) is 40.9. The fourth-order valence-electron chi connectivity index (χ4n) is 7.19. The maximum atomic E-state index is 13.2. The van der Waals surface area contributed by atoms with E-state index in [9.17, 15) is 4.79 Å². The fourth-order valence-corrected chi connectivity index (χ4v) is 7.19. The average molecular weight is 618 g/mol.